The van der Waals surface area contributed by atoms with Crippen LogP contribution in [-0.2, 0) is 0 Å². The van der Waals surface area contributed by atoms with Crippen molar-refractivity contribution in [1.82, 2.24) is 19.8 Å². The highest BCUT2D eigenvalue weighted by Gasteiger charge is 2.14. The number of hydrogen-bond donors (Lipinski definition) is 1. The molecular weight excluding hydrogens is 342 g/mol. The maximum absolute atomic E-state index is 4.54. The highest BCUT2D eigenvalue weighted by molar-refractivity contribution is 7.13. The molecule has 0 unspecified atom stereocenters. The van der Waals surface area contributed by atoms with Gasteiger partial charge in [0.25, 0.3) is 0 Å². The van der Waals surface area contributed by atoms with Gasteiger partial charge in [0.2, 0.25) is 0 Å². The number of benzene rings is 1. The van der Waals surface area contributed by atoms with Gasteiger partial charge in [0, 0.05) is 56.2 Å². The van der Waals surface area contributed by atoms with E-state index in [4.69, 9.17) is 0 Å². The van der Waals surface area contributed by atoms with E-state index in [-0.39, 0.29) is 0 Å². The molecule has 6 heteroatoms. The third-order valence-corrected chi connectivity index (χ3v) is 5.58. The summed E-state index contributed by atoms with van der Waals surface area (Å²) in [6, 6.07) is 8.52. The minimum absolute atomic E-state index is 0.845. The molecule has 1 saturated heterocycles. The minimum atomic E-state index is 0.845. The number of hydrogen-bond acceptors (Lipinski definition) is 6. The molecular formula is C20H23N5S. The van der Waals surface area contributed by atoms with E-state index in [1.54, 1.807) is 11.3 Å². The summed E-state index contributed by atoms with van der Waals surface area (Å²) in [4.78, 5) is 14.7. The van der Waals surface area contributed by atoms with Crippen LogP contribution in [0.2, 0.25) is 0 Å². The van der Waals surface area contributed by atoms with Gasteiger partial charge in [-0.3, -0.25) is 9.88 Å². The lowest BCUT2D eigenvalue weighted by molar-refractivity contribution is 0.164. The van der Waals surface area contributed by atoms with Crippen LogP contribution in [0.15, 0.2) is 54.4 Å². The molecule has 26 heavy (non-hydrogen) atoms. The maximum atomic E-state index is 4.54. The van der Waals surface area contributed by atoms with Crippen molar-refractivity contribution in [3.63, 3.8) is 0 Å². The normalized spacial score (nSPS) is 16.0. The Bertz CT molecular complexity index is 898. The lowest BCUT2D eigenvalue weighted by atomic mass is 10.1. The quantitative estimate of drug-likeness (QED) is 0.749. The third kappa shape index (κ3) is 3.93. The van der Waals surface area contributed by atoms with Gasteiger partial charge in [-0.1, -0.05) is 18.7 Å². The number of nitrogens with one attached hydrogen (secondary N) is 1. The van der Waals surface area contributed by atoms with Gasteiger partial charge in [-0.05, 0) is 30.1 Å². The Hall–Kier alpha value is -2.28. The lowest BCUT2D eigenvalue weighted by Crippen LogP contribution is -2.45. The van der Waals surface area contributed by atoms with Gasteiger partial charge in [0.05, 0.1) is 10.4 Å². The maximum Gasteiger partial charge on any atom is 0.130 e. The van der Waals surface area contributed by atoms with Crippen molar-refractivity contribution in [2.24, 2.45) is 0 Å². The van der Waals surface area contributed by atoms with Crippen LogP contribution in [0.5, 0.6) is 0 Å². The summed E-state index contributed by atoms with van der Waals surface area (Å²) in [5, 5.41) is 5.68. The Morgan fingerprint density at radius 3 is 2.77 bits per heavy atom. The van der Waals surface area contributed by atoms with Crippen molar-refractivity contribution < 1.29 is 0 Å². The Kier molecular flexibility index (Phi) is 4.97. The minimum Gasteiger partial charge on any atom is -0.343 e. The van der Waals surface area contributed by atoms with Crippen molar-refractivity contribution >= 4 is 27.9 Å². The monoisotopic (exact) mass is 365 g/mol. The molecule has 5 nitrogen and oxygen atoms in total. The van der Waals surface area contributed by atoms with E-state index in [1.165, 1.54) is 15.8 Å². The van der Waals surface area contributed by atoms with Crippen molar-refractivity contribution in [3.8, 4) is 10.4 Å². The van der Waals surface area contributed by atoms with E-state index in [1.807, 2.05) is 17.9 Å². The van der Waals surface area contributed by atoms with Gasteiger partial charge in [-0.2, -0.15) is 0 Å². The standard InChI is InChI=1S/C20H23N5S/c1-15(13-25-7-5-24(2)6-8-25)23-20-10-18-9-16(19-12-21-14-26-19)3-4-17(18)11-22-20/h3-4,9-12,14H,1,5-8,13H2,2H3,(H,22,23). The second kappa shape index (κ2) is 7.53. The van der Waals surface area contributed by atoms with Crippen molar-refractivity contribution in [2.45, 2.75) is 0 Å². The molecule has 1 aliphatic rings. The molecule has 1 aromatic carbocycles. The van der Waals surface area contributed by atoms with E-state index >= 15 is 0 Å². The van der Waals surface area contributed by atoms with Gasteiger partial charge in [-0.15, -0.1) is 11.3 Å². The number of nitrogens with zero attached hydrogens (tertiary/aromatic N) is 4. The molecule has 0 atom stereocenters. The van der Waals surface area contributed by atoms with Gasteiger partial charge in [0.15, 0.2) is 0 Å². The Morgan fingerprint density at radius 2 is 2.00 bits per heavy atom. The van der Waals surface area contributed by atoms with Crippen LogP contribution >= 0.6 is 11.3 Å². The van der Waals surface area contributed by atoms with Gasteiger partial charge in [0.1, 0.15) is 5.82 Å². The summed E-state index contributed by atoms with van der Waals surface area (Å²) in [6.07, 6.45) is 3.82. The molecule has 4 rings (SSSR count). The summed E-state index contributed by atoms with van der Waals surface area (Å²) >= 11 is 1.65. The highest BCUT2D eigenvalue weighted by atomic mass is 32.1. The number of fused-ring (bicyclic) bond motifs is 1. The van der Waals surface area contributed by atoms with Crippen LogP contribution in [0, 0.1) is 0 Å². The number of piperazine rings is 1. The van der Waals surface area contributed by atoms with Crippen LogP contribution in [0.1, 0.15) is 0 Å². The van der Waals surface area contributed by atoms with Crippen LogP contribution in [-0.4, -0.2) is 59.5 Å². The van der Waals surface area contributed by atoms with E-state index in [2.05, 4.69) is 63.0 Å². The van der Waals surface area contributed by atoms with E-state index in [9.17, 15) is 0 Å². The number of anilines is 1. The molecule has 3 heterocycles. The van der Waals surface area contributed by atoms with E-state index in [0.29, 0.717) is 0 Å². The fourth-order valence-electron chi connectivity index (χ4n) is 3.22. The average Bonchev–Trinajstić information content (AvgIpc) is 3.18. The fourth-order valence-corrected chi connectivity index (χ4v) is 3.84. The molecule has 2 aromatic heterocycles. The van der Waals surface area contributed by atoms with Crippen LogP contribution in [0.25, 0.3) is 21.2 Å². The fraction of sp³-hybridized carbons (Fsp3) is 0.300. The Morgan fingerprint density at radius 1 is 1.15 bits per heavy atom. The predicted molar refractivity (Wildman–Crippen MR) is 110 cm³/mol. The smallest absolute Gasteiger partial charge is 0.130 e. The van der Waals surface area contributed by atoms with Crippen LogP contribution in [0.4, 0.5) is 5.82 Å². The molecule has 1 aliphatic heterocycles. The largest absolute Gasteiger partial charge is 0.343 e. The zero-order valence-electron chi connectivity index (χ0n) is 15.0. The second-order valence-corrected chi connectivity index (χ2v) is 7.69. The van der Waals surface area contributed by atoms with E-state index < -0.39 is 0 Å². The summed E-state index contributed by atoms with van der Waals surface area (Å²) in [5.74, 6) is 0.845. The molecule has 0 spiro atoms. The van der Waals surface area contributed by atoms with Crippen LogP contribution in [0.3, 0.4) is 0 Å². The molecule has 3 aromatic rings. The topological polar surface area (TPSA) is 44.3 Å². The first-order chi connectivity index (χ1) is 12.7. The first kappa shape index (κ1) is 17.1. The highest BCUT2D eigenvalue weighted by Crippen LogP contribution is 2.27. The predicted octanol–water partition coefficient (Wildman–Crippen LogP) is 3.53. The molecule has 0 bridgehead atoms. The number of likely N-dealkylation sites (N-methyl/N-ethyl adjacent to an activating group) is 1. The summed E-state index contributed by atoms with van der Waals surface area (Å²) in [6.45, 7) is 9.44. The Labute approximate surface area is 158 Å². The van der Waals surface area contributed by atoms with Crippen LogP contribution < -0.4 is 5.32 Å². The summed E-state index contributed by atoms with van der Waals surface area (Å²) in [5.41, 5.74) is 4.04. The molecule has 0 saturated carbocycles. The number of rotatable bonds is 5. The van der Waals surface area contributed by atoms with E-state index in [0.717, 1.165) is 49.6 Å². The second-order valence-electron chi connectivity index (χ2n) is 6.81. The summed E-state index contributed by atoms with van der Waals surface area (Å²) in [7, 11) is 2.17. The lowest BCUT2D eigenvalue weighted by Gasteiger charge is -2.32. The molecule has 0 aliphatic carbocycles. The number of aromatic nitrogens is 2. The molecule has 1 N–H and O–H groups in total. The zero-order valence-corrected chi connectivity index (χ0v) is 15.8. The van der Waals surface area contributed by atoms with Crippen molar-refractivity contribution in [2.75, 3.05) is 45.1 Å². The first-order valence-corrected chi connectivity index (χ1v) is 9.70. The van der Waals surface area contributed by atoms with Crippen molar-refractivity contribution in [3.05, 3.63) is 54.4 Å². The summed E-state index contributed by atoms with van der Waals surface area (Å²) < 4.78 is 0. The molecule has 0 radical (unpaired) electrons. The zero-order chi connectivity index (χ0) is 17.9. The van der Waals surface area contributed by atoms with Gasteiger partial charge in [-0.25, -0.2) is 4.98 Å². The van der Waals surface area contributed by atoms with Gasteiger partial charge < -0.3 is 10.2 Å². The number of thiazole rings is 1. The molecule has 1 fully saturated rings. The SMILES string of the molecule is C=C(CN1CCN(C)CC1)Nc1cc2cc(-c3cncs3)ccc2cn1. The number of pyridine rings is 1. The van der Waals surface area contributed by atoms with Crippen molar-refractivity contribution in [1.29, 1.82) is 0 Å². The Balaban J connectivity index is 1.47. The molecule has 134 valence electrons. The third-order valence-electron chi connectivity index (χ3n) is 4.75. The average molecular weight is 366 g/mol. The first-order valence-electron chi connectivity index (χ1n) is 8.82. The molecule has 0 amide bonds. The van der Waals surface area contributed by atoms with Gasteiger partial charge >= 0.3 is 0 Å².